The molecule has 0 saturated carbocycles. The van der Waals surface area contributed by atoms with E-state index < -0.39 is 0 Å². The van der Waals surface area contributed by atoms with Crippen LogP contribution in [0.1, 0.15) is 36.9 Å². The van der Waals surface area contributed by atoms with Crippen LogP contribution in [0.5, 0.6) is 5.75 Å². The van der Waals surface area contributed by atoms with Crippen LogP contribution in [0.4, 0.5) is 0 Å². The molecule has 0 aliphatic rings. The van der Waals surface area contributed by atoms with Crippen molar-refractivity contribution in [3.63, 3.8) is 0 Å². The maximum atomic E-state index is 12.0. The highest BCUT2D eigenvalue weighted by Gasteiger charge is 2.11. The summed E-state index contributed by atoms with van der Waals surface area (Å²) in [5.41, 5.74) is 8.06. The Morgan fingerprint density at radius 1 is 1.12 bits per heavy atom. The minimum absolute atomic E-state index is 0. The second kappa shape index (κ2) is 10.7. The first-order valence-electron chi connectivity index (χ1n) is 7.98. The molecule has 1 unspecified atom stereocenters. The summed E-state index contributed by atoms with van der Waals surface area (Å²) in [4.78, 5) is 12.0. The predicted molar refractivity (Wildman–Crippen MR) is 99.3 cm³/mol. The Bertz CT molecular complexity index is 603. The molecule has 2 aromatic carbocycles. The van der Waals surface area contributed by atoms with Gasteiger partial charge in [0.2, 0.25) is 5.91 Å². The minimum Gasteiger partial charge on any atom is -0.494 e. The largest absolute Gasteiger partial charge is 0.494 e. The lowest BCUT2D eigenvalue weighted by atomic mass is 10.0. The Kier molecular flexibility index (Phi) is 8.90. The van der Waals surface area contributed by atoms with Gasteiger partial charge in [-0.05, 0) is 29.7 Å². The normalized spacial score (nSPS) is 11.2. The number of nitrogens with one attached hydrogen (secondary N) is 1. The van der Waals surface area contributed by atoms with Crippen LogP contribution in [0.3, 0.4) is 0 Å². The molecule has 0 aliphatic carbocycles. The third-order valence-electron chi connectivity index (χ3n) is 3.52. The van der Waals surface area contributed by atoms with Gasteiger partial charge in [0.25, 0.3) is 0 Å². The van der Waals surface area contributed by atoms with E-state index in [0.717, 1.165) is 23.3 Å². The summed E-state index contributed by atoms with van der Waals surface area (Å²) in [6.07, 6.45) is 1.27. The van der Waals surface area contributed by atoms with E-state index in [2.05, 4.69) is 12.2 Å². The van der Waals surface area contributed by atoms with Gasteiger partial charge in [0.15, 0.2) is 0 Å². The summed E-state index contributed by atoms with van der Waals surface area (Å²) in [5.74, 6) is 0.806. The highest BCUT2D eigenvalue weighted by atomic mass is 35.5. The van der Waals surface area contributed by atoms with Crippen LogP contribution in [-0.4, -0.2) is 12.5 Å². The molecule has 0 aromatic heterocycles. The van der Waals surface area contributed by atoms with Gasteiger partial charge in [0.05, 0.1) is 6.61 Å². The number of ether oxygens (including phenoxy) is 1. The maximum absolute atomic E-state index is 12.0. The van der Waals surface area contributed by atoms with Gasteiger partial charge in [0, 0.05) is 19.0 Å². The summed E-state index contributed by atoms with van der Waals surface area (Å²) in [7, 11) is 0. The monoisotopic (exact) mass is 348 g/mol. The van der Waals surface area contributed by atoms with Gasteiger partial charge in [0.1, 0.15) is 5.75 Å². The van der Waals surface area contributed by atoms with Crippen molar-refractivity contribution in [2.75, 3.05) is 6.61 Å². The number of nitrogens with two attached hydrogens (primary N) is 1. The molecule has 1 amide bonds. The smallest absolute Gasteiger partial charge is 0.222 e. The van der Waals surface area contributed by atoms with Crippen molar-refractivity contribution >= 4 is 18.3 Å². The van der Waals surface area contributed by atoms with Crippen molar-refractivity contribution < 1.29 is 9.53 Å². The Balaban J connectivity index is 0.00000288. The summed E-state index contributed by atoms with van der Waals surface area (Å²) >= 11 is 0. The summed E-state index contributed by atoms with van der Waals surface area (Å²) in [5, 5.41) is 2.90. The molecular weight excluding hydrogens is 324 g/mol. The number of hydrogen-bond acceptors (Lipinski definition) is 3. The lowest BCUT2D eigenvalue weighted by Gasteiger charge is -2.12. The summed E-state index contributed by atoms with van der Waals surface area (Å²) < 4.78 is 5.53. The zero-order chi connectivity index (χ0) is 16.5. The highest BCUT2D eigenvalue weighted by molar-refractivity contribution is 5.85. The van der Waals surface area contributed by atoms with Gasteiger partial charge in [-0.1, -0.05) is 49.4 Å². The molecular formula is C19H25ClN2O2. The quantitative estimate of drug-likeness (QED) is 0.766. The van der Waals surface area contributed by atoms with Crippen molar-refractivity contribution in [3.8, 4) is 5.75 Å². The maximum Gasteiger partial charge on any atom is 0.222 e. The third-order valence-corrected chi connectivity index (χ3v) is 3.52. The first-order chi connectivity index (χ1) is 11.2. The fraction of sp³-hybridized carbons (Fsp3) is 0.316. The van der Waals surface area contributed by atoms with E-state index in [4.69, 9.17) is 10.5 Å². The lowest BCUT2D eigenvalue weighted by Crippen LogP contribution is -2.27. The molecule has 0 radical (unpaired) electrons. The minimum atomic E-state index is -0.277. The number of hydrogen-bond donors (Lipinski definition) is 2. The Morgan fingerprint density at radius 2 is 1.79 bits per heavy atom. The van der Waals surface area contributed by atoms with Crippen LogP contribution in [0, 0.1) is 0 Å². The number of benzene rings is 2. The van der Waals surface area contributed by atoms with Crippen LogP contribution < -0.4 is 15.8 Å². The third kappa shape index (κ3) is 6.60. The Hall–Kier alpha value is -2.04. The number of halogens is 1. The second-order valence-electron chi connectivity index (χ2n) is 5.49. The molecule has 0 saturated heterocycles. The number of amides is 1. The van der Waals surface area contributed by atoms with Gasteiger partial charge < -0.3 is 15.8 Å². The molecule has 0 aliphatic heterocycles. The molecule has 2 aromatic rings. The molecule has 0 spiro atoms. The molecule has 3 N–H and O–H groups in total. The molecule has 130 valence electrons. The van der Waals surface area contributed by atoms with Gasteiger partial charge in [-0.2, -0.15) is 0 Å². The zero-order valence-corrected chi connectivity index (χ0v) is 14.7. The molecule has 4 nitrogen and oxygen atoms in total. The van der Waals surface area contributed by atoms with Gasteiger partial charge in [-0.25, -0.2) is 0 Å². The van der Waals surface area contributed by atoms with Crippen molar-refractivity contribution in [3.05, 3.63) is 65.7 Å². The number of carbonyl (C=O) groups is 1. The van der Waals surface area contributed by atoms with Crippen molar-refractivity contribution in [2.45, 2.75) is 32.4 Å². The van der Waals surface area contributed by atoms with Crippen LogP contribution in [-0.2, 0) is 11.3 Å². The number of carbonyl (C=O) groups excluding carboxylic acids is 1. The SMILES string of the molecule is CCCOc1ccc(CNC(=O)CC(N)c2ccccc2)cc1.Cl. The van der Waals surface area contributed by atoms with Crippen molar-refractivity contribution in [2.24, 2.45) is 5.73 Å². The Labute approximate surface area is 149 Å². The van der Waals surface area contributed by atoms with Crippen LogP contribution in [0.2, 0.25) is 0 Å². The van der Waals surface area contributed by atoms with Gasteiger partial charge in [-0.3, -0.25) is 4.79 Å². The van der Waals surface area contributed by atoms with E-state index in [9.17, 15) is 4.79 Å². The van der Waals surface area contributed by atoms with E-state index in [-0.39, 0.29) is 30.8 Å². The second-order valence-corrected chi connectivity index (χ2v) is 5.49. The Morgan fingerprint density at radius 3 is 2.42 bits per heavy atom. The molecule has 24 heavy (non-hydrogen) atoms. The molecule has 0 heterocycles. The van der Waals surface area contributed by atoms with E-state index in [1.54, 1.807) is 0 Å². The highest BCUT2D eigenvalue weighted by Crippen LogP contribution is 2.14. The number of rotatable bonds is 8. The zero-order valence-electron chi connectivity index (χ0n) is 13.9. The average Bonchev–Trinajstić information content (AvgIpc) is 2.59. The molecule has 0 fully saturated rings. The predicted octanol–water partition coefficient (Wildman–Crippen LogP) is 3.60. The van der Waals surface area contributed by atoms with Gasteiger partial charge >= 0.3 is 0 Å². The summed E-state index contributed by atoms with van der Waals surface area (Å²) in [6.45, 7) is 3.28. The fourth-order valence-electron chi connectivity index (χ4n) is 2.21. The molecule has 1 atom stereocenters. The van der Waals surface area contributed by atoms with E-state index in [0.29, 0.717) is 13.2 Å². The standard InChI is InChI=1S/C19H24N2O2.ClH/c1-2-12-23-17-10-8-15(9-11-17)14-21-19(22)13-18(20)16-6-4-3-5-7-16;/h3-11,18H,2,12-14,20H2,1H3,(H,21,22);1H. The average molecular weight is 349 g/mol. The molecule has 0 bridgehead atoms. The van der Waals surface area contributed by atoms with Crippen LogP contribution in [0.15, 0.2) is 54.6 Å². The van der Waals surface area contributed by atoms with Crippen molar-refractivity contribution in [1.29, 1.82) is 0 Å². The first kappa shape index (κ1) is 20.0. The topological polar surface area (TPSA) is 64.3 Å². The fourth-order valence-corrected chi connectivity index (χ4v) is 2.21. The van der Waals surface area contributed by atoms with Gasteiger partial charge in [-0.15, -0.1) is 12.4 Å². The van der Waals surface area contributed by atoms with Crippen LogP contribution in [0.25, 0.3) is 0 Å². The van der Waals surface area contributed by atoms with E-state index in [1.807, 2.05) is 54.6 Å². The van der Waals surface area contributed by atoms with E-state index in [1.165, 1.54) is 0 Å². The molecule has 5 heteroatoms. The van der Waals surface area contributed by atoms with Crippen LogP contribution >= 0.6 is 12.4 Å². The first-order valence-corrected chi connectivity index (χ1v) is 7.98. The lowest BCUT2D eigenvalue weighted by molar-refractivity contribution is -0.121. The summed E-state index contributed by atoms with van der Waals surface area (Å²) in [6, 6.07) is 17.2. The van der Waals surface area contributed by atoms with E-state index >= 15 is 0 Å². The molecule has 2 rings (SSSR count). The van der Waals surface area contributed by atoms with Crippen molar-refractivity contribution in [1.82, 2.24) is 5.32 Å².